The Bertz CT molecular complexity index is 1270. The van der Waals surface area contributed by atoms with Gasteiger partial charge in [-0.1, -0.05) is 30.4 Å². The molecule has 1 aliphatic carbocycles. The minimum Gasteiger partial charge on any atom is -0.595 e. The van der Waals surface area contributed by atoms with E-state index in [1.54, 1.807) is 28.9 Å². The van der Waals surface area contributed by atoms with Crippen LogP contribution in [0.3, 0.4) is 0 Å². The Morgan fingerprint density at radius 3 is 2.63 bits per heavy atom. The predicted octanol–water partition coefficient (Wildman–Crippen LogP) is 4.31. The number of anilines is 1. The molecular weight excluding hydrogens is 479 g/mol. The van der Waals surface area contributed by atoms with Crippen LogP contribution in [-0.4, -0.2) is 26.1 Å². The van der Waals surface area contributed by atoms with Crippen molar-refractivity contribution in [3.05, 3.63) is 88.4 Å². The lowest BCUT2D eigenvalue weighted by molar-refractivity contribution is -0.991. The lowest BCUT2D eigenvalue weighted by Crippen LogP contribution is -2.99. The van der Waals surface area contributed by atoms with Gasteiger partial charge in [0.1, 0.15) is 5.69 Å². The second-order valence-corrected chi connectivity index (χ2v) is 8.74. The molecule has 184 valence electrons. The molecule has 0 saturated heterocycles. The molecule has 0 spiro atoms. The van der Waals surface area contributed by atoms with E-state index in [2.05, 4.69) is 15.7 Å². The van der Waals surface area contributed by atoms with Gasteiger partial charge in [-0.25, -0.2) is 9.89 Å². The van der Waals surface area contributed by atoms with Crippen LogP contribution in [0.5, 0.6) is 0 Å². The van der Waals surface area contributed by atoms with Crippen molar-refractivity contribution in [3.63, 3.8) is 0 Å². The van der Waals surface area contributed by atoms with Crippen LogP contribution < -0.4 is 15.9 Å². The van der Waals surface area contributed by atoms with Gasteiger partial charge in [-0.2, -0.15) is 23.5 Å². The van der Waals surface area contributed by atoms with Crippen molar-refractivity contribution < 1.29 is 23.6 Å². The highest BCUT2D eigenvalue weighted by atomic mass is 32.1. The summed E-state index contributed by atoms with van der Waals surface area (Å²) in [5.74, 6) is 0.0228. The van der Waals surface area contributed by atoms with Crippen LogP contribution in [0.2, 0.25) is 0 Å². The van der Waals surface area contributed by atoms with E-state index in [-0.39, 0.29) is 28.4 Å². The minimum absolute atomic E-state index is 0.0228. The van der Waals surface area contributed by atoms with Crippen LogP contribution >= 0.6 is 12.2 Å². The highest BCUT2D eigenvalue weighted by Gasteiger charge is 2.31. The lowest BCUT2D eigenvalue weighted by atomic mass is 9.96. The molecule has 1 aliphatic rings. The molecule has 35 heavy (non-hydrogen) atoms. The minimum atomic E-state index is -4.43. The van der Waals surface area contributed by atoms with E-state index >= 15 is 0 Å². The molecule has 1 unspecified atom stereocenters. The predicted molar refractivity (Wildman–Crippen MR) is 130 cm³/mol. The molecule has 4 N–H and O–H groups in total. The van der Waals surface area contributed by atoms with Crippen molar-refractivity contribution in [2.24, 2.45) is 0 Å². The Hall–Kier alpha value is -3.25. The van der Waals surface area contributed by atoms with Crippen molar-refractivity contribution in [2.45, 2.75) is 38.4 Å². The number of rotatable bonds is 5. The summed E-state index contributed by atoms with van der Waals surface area (Å²) in [4.78, 5) is 0. The number of quaternary nitrogens is 1. The number of benzene rings is 2. The molecule has 0 fully saturated rings. The summed E-state index contributed by atoms with van der Waals surface area (Å²) in [5.41, 5.74) is 2.80. The number of aryl methyl sites for hydroxylation is 1. The Balaban J connectivity index is 1.45. The summed E-state index contributed by atoms with van der Waals surface area (Å²) in [5, 5.41) is 31.0. The van der Waals surface area contributed by atoms with Gasteiger partial charge < -0.3 is 15.8 Å². The first-order chi connectivity index (χ1) is 16.5. The molecule has 0 amide bonds. The average molecular weight is 504 g/mol. The third-order valence-electron chi connectivity index (χ3n) is 5.93. The van der Waals surface area contributed by atoms with Crippen molar-refractivity contribution >= 4 is 28.7 Å². The summed E-state index contributed by atoms with van der Waals surface area (Å²) in [7, 11) is 0. The molecule has 0 aliphatic heterocycles. The molecule has 0 saturated carbocycles. The average Bonchev–Trinajstić information content (AvgIpc) is 3.36. The molecule has 1 heterocycles. The Kier molecular flexibility index (Phi) is 6.95. The Labute approximate surface area is 205 Å². The number of aromatic nitrogens is 2. The van der Waals surface area contributed by atoms with E-state index in [1.165, 1.54) is 12.1 Å². The van der Waals surface area contributed by atoms with E-state index in [9.17, 15) is 23.6 Å². The van der Waals surface area contributed by atoms with Gasteiger partial charge >= 0.3 is 6.18 Å². The summed E-state index contributed by atoms with van der Waals surface area (Å²) in [6.07, 6.45) is 0.235. The van der Waals surface area contributed by atoms with Crippen LogP contribution in [0, 0.1) is 19.1 Å². The highest BCUT2D eigenvalue weighted by Crippen LogP contribution is 2.35. The zero-order valence-electron chi connectivity index (χ0n) is 18.9. The number of hydrogen-bond acceptors (Lipinski definition) is 4. The molecule has 7 nitrogen and oxygen atoms in total. The number of halogens is 3. The van der Waals surface area contributed by atoms with E-state index in [4.69, 9.17) is 12.2 Å². The molecule has 3 aromatic rings. The third kappa shape index (κ3) is 5.38. The second-order valence-electron chi connectivity index (χ2n) is 8.33. The van der Waals surface area contributed by atoms with Gasteiger partial charge in [-0.15, -0.1) is 0 Å². The molecule has 4 rings (SSSR count). The summed E-state index contributed by atoms with van der Waals surface area (Å²) < 4.78 is 40.5. The Morgan fingerprint density at radius 2 is 1.91 bits per heavy atom. The number of thiocarbonyl (C=S) groups is 1. The fourth-order valence-corrected chi connectivity index (χ4v) is 4.66. The van der Waals surface area contributed by atoms with Gasteiger partial charge in [-0.3, -0.25) is 0 Å². The van der Waals surface area contributed by atoms with Crippen LogP contribution in [0.4, 0.5) is 24.5 Å². The first-order valence-corrected chi connectivity index (χ1v) is 11.3. The first kappa shape index (κ1) is 24.9. The van der Waals surface area contributed by atoms with Crippen molar-refractivity contribution in [3.8, 4) is 5.69 Å². The zero-order valence-corrected chi connectivity index (χ0v) is 19.7. The van der Waals surface area contributed by atoms with Gasteiger partial charge in [0.05, 0.1) is 11.3 Å². The second kappa shape index (κ2) is 9.78. The topological polar surface area (TPSA) is 89.6 Å². The number of allylic oxidation sites excluding steroid dienone is 1. The molecule has 11 heteroatoms. The third-order valence-corrected chi connectivity index (χ3v) is 6.15. The van der Waals surface area contributed by atoms with Crippen LogP contribution in [0.1, 0.15) is 34.9 Å². The molecule has 3 atom stereocenters. The number of hydrogen-bond donors (Lipinski definition) is 4. The molecular formula is C24H24F3N5O2S. The van der Waals surface area contributed by atoms with Crippen molar-refractivity contribution in [2.75, 3.05) is 5.32 Å². The van der Waals surface area contributed by atoms with Crippen LogP contribution in [-0.2, 0) is 6.18 Å². The molecule has 2 aromatic carbocycles. The SMILES string of the molecule is Cc1nn(-c2ccccc2[NH+]([O-])O)c(C)c1[C@H]1C=C[C@@H](NC(=S)Nc2cccc(C(F)(F)F)c2)C1. The quantitative estimate of drug-likeness (QED) is 0.236. The number of alkyl halides is 3. The molecule has 0 bridgehead atoms. The van der Waals surface area contributed by atoms with Crippen LogP contribution in [0.25, 0.3) is 5.69 Å². The number of nitrogens with one attached hydrogen (secondary N) is 3. The van der Waals surface area contributed by atoms with E-state index in [0.717, 1.165) is 29.1 Å². The van der Waals surface area contributed by atoms with Gasteiger partial charge in [0, 0.05) is 35.0 Å². The largest absolute Gasteiger partial charge is 0.595 e. The fraction of sp³-hybridized carbons (Fsp3) is 0.250. The summed E-state index contributed by atoms with van der Waals surface area (Å²) in [6, 6.07) is 11.4. The zero-order chi connectivity index (χ0) is 25.3. The fourth-order valence-electron chi connectivity index (χ4n) is 4.39. The van der Waals surface area contributed by atoms with Crippen LogP contribution in [0.15, 0.2) is 60.7 Å². The first-order valence-electron chi connectivity index (χ1n) is 10.9. The van der Waals surface area contributed by atoms with Crippen molar-refractivity contribution in [1.82, 2.24) is 15.1 Å². The van der Waals surface area contributed by atoms with E-state index < -0.39 is 17.0 Å². The van der Waals surface area contributed by atoms with E-state index in [1.807, 2.05) is 26.0 Å². The number of nitrogens with zero attached hydrogens (tertiary/aromatic N) is 2. The molecule has 1 aromatic heterocycles. The maximum atomic E-state index is 13.0. The van der Waals surface area contributed by atoms with Gasteiger partial charge in [0.25, 0.3) is 0 Å². The van der Waals surface area contributed by atoms with Gasteiger partial charge in [0.15, 0.2) is 10.8 Å². The summed E-state index contributed by atoms with van der Waals surface area (Å²) >= 11 is 5.31. The highest BCUT2D eigenvalue weighted by molar-refractivity contribution is 7.80. The normalized spacial score (nSPS) is 18.5. The maximum Gasteiger partial charge on any atom is 0.416 e. The van der Waals surface area contributed by atoms with Crippen molar-refractivity contribution in [1.29, 1.82) is 0 Å². The lowest BCUT2D eigenvalue weighted by Gasteiger charge is -2.18. The van der Waals surface area contributed by atoms with E-state index in [0.29, 0.717) is 12.1 Å². The smallest absolute Gasteiger partial charge is 0.416 e. The standard InChI is InChI=1S/C24H24F3N5O2S/c1-14-22(15(2)31(30-14)20-8-3-4-9-21(20)32(33)34)16-10-11-19(12-16)29-23(35)28-18-7-5-6-17(13-18)24(25,26)27/h3-11,13,16,19,32-33H,12H2,1-2H3,(H2,28,29,35)/t16-,19+/m0/s1. The molecule has 0 radical (unpaired) electrons. The summed E-state index contributed by atoms with van der Waals surface area (Å²) in [6.45, 7) is 3.79. The monoisotopic (exact) mass is 503 g/mol. The van der Waals surface area contributed by atoms with Gasteiger partial charge in [-0.05, 0) is 56.8 Å². The Morgan fingerprint density at radius 1 is 1.17 bits per heavy atom. The van der Waals surface area contributed by atoms with Gasteiger partial charge in [0.2, 0.25) is 0 Å². The number of para-hydroxylation sites is 2. The maximum absolute atomic E-state index is 13.0.